The largest absolute Gasteiger partial charge is 0.494 e. The van der Waals surface area contributed by atoms with Gasteiger partial charge in [-0.2, -0.15) is 0 Å². The molecule has 1 fully saturated rings. The van der Waals surface area contributed by atoms with Crippen molar-refractivity contribution in [3.63, 3.8) is 0 Å². The van der Waals surface area contributed by atoms with Crippen molar-refractivity contribution in [1.29, 1.82) is 5.41 Å². The van der Waals surface area contributed by atoms with Crippen molar-refractivity contribution in [3.8, 4) is 28.4 Å². The Kier molecular flexibility index (Phi) is 23.3. The SMILES string of the molecule is CC.CC.CC.CCCc1cc(-c2ccc(C(C)=N)cc2)ccc1OCC.CCOc1cccc(OC2CCCCO2)c1. The van der Waals surface area contributed by atoms with E-state index >= 15 is 0 Å². The summed E-state index contributed by atoms with van der Waals surface area (Å²) in [4.78, 5) is 0. The zero-order valence-electron chi connectivity index (χ0n) is 28.7. The van der Waals surface area contributed by atoms with E-state index in [-0.39, 0.29) is 6.29 Å². The normalized spacial score (nSPS) is 13.1. The molecule has 1 heterocycles. The molecule has 5 nitrogen and oxygen atoms in total. The molecule has 1 atom stereocenters. The van der Waals surface area contributed by atoms with Gasteiger partial charge in [0.15, 0.2) is 6.29 Å². The van der Waals surface area contributed by atoms with Crippen molar-refractivity contribution >= 4 is 5.71 Å². The van der Waals surface area contributed by atoms with Crippen LogP contribution in [0, 0.1) is 5.41 Å². The summed E-state index contributed by atoms with van der Waals surface area (Å²) in [6.07, 6.45) is 5.33. The Labute approximate surface area is 263 Å². The number of nitrogens with one attached hydrogen (secondary N) is 1. The van der Waals surface area contributed by atoms with E-state index in [9.17, 15) is 0 Å². The molecule has 3 aromatic carbocycles. The lowest BCUT2D eigenvalue weighted by molar-refractivity contribution is -0.105. The van der Waals surface area contributed by atoms with Gasteiger partial charge in [0.2, 0.25) is 0 Å². The topological polar surface area (TPSA) is 60.8 Å². The highest BCUT2D eigenvalue weighted by atomic mass is 16.7. The molecule has 0 amide bonds. The van der Waals surface area contributed by atoms with Crippen LogP contribution in [0.4, 0.5) is 0 Å². The lowest BCUT2D eigenvalue weighted by atomic mass is 9.98. The van der Waals surface area contributed by atoms with Gasteiger partial charge in [0.1, 0.15) is 17.2 Å². The highest BCUT2D eigenvalue weighted by Gasteiger charge is 2.15. The first-order chi connectivity index (χ1) is 21.0. The van der Waals surface area contributed by atoms with E-state index in [1.165, 1.54) is 23.1 Å². The first kappa shape index (κ1) is 39.7. The molecular formula is C38H59NO4. The van der Waals surface area contributed by atoms with Gasteiger partial charge in [-0.05, 0) is 86.6 Å². The number of benzene rings is 3. The molecular weight excluding hydrogens is 534 g/mol. The molecule has 43 heavy (non-hydrogen) atoms. The van der Waals surface area contributed by atoms with Crippen LogP contribution in [0.5, 0.6) is 17.2 Å². The summed E-state index contributed by atoms with van der Waals surface area (Å²) in [5.74, 6) is 2.66. The molecule has 240 valence electrons. The second-order valence-corrected chi connectivity index (χ2v) is 9.03. The molecule has 1 unspecified atom stereocenters. The van der Waals surface area contributed by atoms with Gasteiger partial charge in [0.25, 0.3) is 0 Å². The van der Waals surface area contributed by atoms with Crippen LogP contribution in [0.2, 0.25) is 0 Å². The predicted octanol–water partition coefficient (Wildman–Crippen LogP) is 11.2. The molecule has 1 N–H and O–H groups in total. The summed E-state index contributed by atoms with van der Waals surface area (Å²) in [5, 5.41) is 7.66. The maximum absolute atomic E-state index is 7.66. The van der Waals surface area contributed by atoms with Crippen LogP contribution in [0.1, 0.15) is 106 Å². The van der Waals surface area contributed by atoms with Crippen LogP contribution in [-0.4, -0.2) is 31.8 Å². The maximum atomic E-state index is 7.66. The van der Waals surface area contributed by atoms with Crippen LogP contribution >= 0.6 is 0 Å². The quantitative estimate of drug-likeness (QED) is 0.238. The van der Waals surface area contributed by atoms with Crippen molar-refractivity contribution in [2.75, 3.05) is 19.8 Å². The lowest BCUT2D eigenvalue weighted by Crippen LogP contribution is -2.24. The average molecular weight is 594 g/mol. The number of hydrogen-bond donors (Lipinski definition) is 1. The standard InChI is InChI=1S/C19H23NO.C13H18O3.3C2H6/c1-4-6-18-13-17(11-12-19(18)21-5-2)16-9-7-15(8-10-16)14(3)20;1-2-14-11-6-5-7-12(10-11)16-13-8-3-4-9-15-13;3*1-2/h7-13,20H,4-6H2,1-3H3;5-7,10,13H,2-4,8-9H2,1H3;3*1-2H3. The van der Waals surface area contributed by atoms with Crippen molar-refractivity contribution in [1.82, 2.24) is 0 Å². The summed E-state index contributed by atoms with van der Waals surface area (Å²) in [6.45, 7) is 22.2. The smallest absolute Gasteiger partial charge is 0.199 e. The Morgan fingerprint density at radius 2 is 1.40 bits per heavy atom. The summed E-state index contributed by atoms with van der Waals surface area (Å²) in [5.41, 5.74) is 5.22. The fourth-order valence-corrected chi connectivity index (χ4v) is 4.19. The van der Waals surface area contributed by atoms with Gasteiger partial charge in [-0.15, -0.1) is 0 Å². The molecule has 1 saturated heterocycles. The molecule has 0 radical (unpaired) electrons. The molecule has 5 heteroatoms. The fraction of sp³-hybridized carbons (Fsp3) is 0.500. The summed E-state index contributed by atoms with van der Waals surface area (Å²) in [6, 6.07) is 22.3. The molecule has 1 aliphatic rings. The maximum Gasteiger partial charge on any atom is 0.199 e. The Bertz CT molecular complexity index is 1110. The second kappa shape index (κ2) is 25.2. The first-order valence-electron chi connectivity index (χ1n) is 16.5. The first-order valence-corrected chi connectivity index (χ1v) is 16.5. The second-order valence-electron chi connectivity index (χ2n) is 9.03. The molecule has 0 aliphatic carbocycles. The van der Waals surface area contributed by atoms with E-state index < -0.39 is 0 Å². The average Bonchev–Trinajstić information content (AvgIpc) is 3.06. The number of rotatable bonds is 10. The molecule has 3 aromatic rings. The van der Waals surface area contributed by atoms with Crippen LogP contribution < -0.4 is 14.2 Å². The van der Waals surface area contributed by atoms with Crippen molar-refractivity contribution < 1.29 is 18.9 Å². The van der Waals surface area contributed by atoms with E-state index in [0.29, 0.717) is 18.9 Å². The minimum atomic E-state index is -0.0920. The van der Waals surface area contributed by atoms with Crippen molar-refractivity contribution in [3.05, 3.63) is 77.9 Å². The summed E-state index contributed by atoms with van der Waals surface area (Å²) < 4.78 is 22.4. The number of aryl methyl sites for hydroxylation is 1. The highest BCUT2D eigenvalue weighted by Crippen LogP contribution is 2.28. The Balaban J connectivity index is 0.000000715. The van der Waals surface area contributed by atoms with Crippen molar-refractivity contribution in [2.45, 2.75) is 108 Å². The Hall–Kier alpha value is -3.31. The zero-order chi connectivity index (χ0) is 32.5. The third-order valence-corrected chi connectivity index (χ3v) is 6.05. The third kappa shape index (κ3) is 15.1. The third-order valence-electron chi connectivity index (χ3n) is 6.05. The Morgan fingerprint density at radius 3 is 1.95 bits per heavy atom. The molecule has 0 bridgehead atoms. The number of ether oxygens (including phenoxy) is 4. The van der Waals surface area contributed by atoms with Crippen LogP contribution in [0.15, 0.2) is 66.7 Å². The van der Waals surface area contributed by atoms with Gasteiger partial charge in [0.05, 0.1) is 19.8 Å². The molecule has 0 spiro atoms. The highest BCUT2D eigenvalue weighted by molar-refractivity contribution is 5.96. The minimum Gasteiger partial charge on any atom is -0.494 e. The van der Waals surface area contributed by atoms with Gasteiger partial charge in [-0.1, -0.05) is 91.3 Å². The van der Waals surface area contributed by atoms with E-state index in [4.69, 9.17) is 24.4 Å². The van der Waals surface area contributed by atoms with Crippen LogP contribution in [-0.2, 0) is 11.2 Å². The zero-order valence-corrected chi connectivity index (χ0v) is 28.7. The fourth-order valence-electron chi connectivity index (χ4n) is 4.19. The summed E-state index contributed by atoms with van der Waals surface area (Å²) >= 11 is 0. The molecule has 1 aliphatic heterocycles. The predicted molar refractivity (Wildman–Crippen MR) is 185 cm³/mol. The van der Waals surface area contributed by atoms with Crippen molar-refractivity contribution in [2.24, 2.45) is 0 Å². The van der Waals surface area contributed by atoms with Gasteiger partial charge >= 0.3 is 0 Å². The monoisotopic (exact) mass is 593 g/mol. The molecule has 0 saturated carbocycles. The summed E-state index contributed by atoms with van der Waals surface area (Å²) in [7, 11) is 0. The molecule has 4 rings (SSSR count). The minimum absolute atomic E-state index is 0.0920. The van der Waals surface area contributed by atoms with Crippen LogP contribution in [0.25, 0.3) is 11.1 Å². The van der Waals surface area contributed by atoms with E-state index in [2.05, 4.69) is 37.3 Å². The van der Waals surface area contributed by atoms with Crippen LogP contribution in [0.3, 0.4) is 0 Å². The van der Waals surface area contributed by atoms with E-state index in [0.717, 1.165) is 55.1 Å². The van der Waals surface area contributed by atoms with E-state index in [1.54, 1.807) is 0 Å². The van der Waals surface area contributed by atoms with Gasteiger partial charge < -0.3 is 24.4 Å². The van der Waals surface area contributed by atoms with Gasteiger partial charge in [0, 0.05) is 18.2 Å². The van der Waals surface area contributed by atoms with E-state index in [1.807, 2.05) is 98.7 Å². The number of hydrogen-bond acceptors (Lipinski definition) is 5. The Morgan fingerprint density at radius 1 is 0.767 bits per heavy atom. The lowest BCUT2D eigenvalue weighted by Gasteiger charge is -2.23. The van der Waals surface area contributed by atoms with Gasteiger partial charge in [-0.25, -0.2) is 0 Å². The molecule has 0 aromatic heterocycles. The van der Waals surface area contributed by atoms with Gasteiger partial charge in [-0.3, -0.25) is 0 Å².